The summed E-state index contributed by atoms with van der Waals surface area (Å²) in [5.74, 6) is 1.56. The average Bonchev–Trinajstić information content (AvgIpc) is 3.23. The maximum atomic E-state index is 6.04. The molecule has 1 fully saturated rings. The summed E-state index contributed by atoms with van der Waals surface area (Å²) in [5.41, 5.74) is 4.28. The first-order valence-electron chi connectivity index (χ1n) is 10.7. The Kier molecular flexibility index (Phi) is 5.30. The van der Waals surface area contributed by atoms with Crippen molar-refractivity contribution >= 4 is 10.9 Å². The fourth-order valence-electron chi connectivity index (χ4n) is 3.79. The molecule has 0 aliphatic carbocycles. The van der Waals surface area contributed by atoms with Crippen LogP contribution in [0.3, 0.4) is 0 Å². The van der Waals surface area contributed by atoms with Gasteiger partial charge >= 0.3 is 0 Å². The first kappa shape index (κ1) is 19.6. The van der Waals surface area contributed by atoms with Gasteiger partial charge in [-0.05, 0) is 49.6 Å². The lowest BCUT2D eigenvalue weighted by Gasteiger charge is -2.23. The van der Waals surface area contributed by atoms with E-state index in [1.54, 1.807) is 12.4 Å². The van der Waals surface area contributed by atoms with Crippen molar-refractivity contribution in [2.24, 2.45) is 0 Å². The minimum absolute atomic E-state index is 0.117. The van der Waals surface area contributed by atoms with E-state index in [0.29, 0.717) is 23.3 Å². The van der Waals surface area contributed by atoms with Crippen molar-refractivity contribution in [2.45, 2.75) is 38.7 Å². The van der Waals surface area contributed by atoms with E-state index in [1.807, 2.05) is 30.5 Å². The minimum atomic E-state index is 0.117. The Labute approximate surface area is 180 Å². The second-order valence-corrected chi connectivity index (χ2v) is 8.12. The molecule has 5 rings (SSSR count). The van der Waals surface area contributed by atoms with E-state index in [9.17, 15) is 0 Å². The smallest absolute Gasteiger partial charge is 0.233 e. The number of aromatic nitrogens is 6. The van der Waals surface area contributed by atoms with Gasteiger partial charge in [-0.1, -0.05) is 13.8 Å². The van der Waals surface area contributed by atoms with Crippen LogP contribution in [0.1, 0.15) is 38.3 Å². The van der Waals surface area contributed by atoms with E-state index in [1.165, 1.54) is 0 Å². The second-order valence-electron chi connectivity index (χ2n) is 8.12. The van der Waals surface area contributed by atoms with E-state index < -0.39 is 0 Å². The number of hydrogen-bond acceptors (Lipinski definition) is 7. The van der Waals surface area contributed by atoms with Gasteiger partial charge in [0, 0.05) is 29.4 Å². The minimum Gasteiger partial charge on any atom is -0.472 e. The lowest BCUT2D eigenvalue weighted by atomic mass is 10.1. The lowest BCUT2D eigenvalue weighted by Crippen LogP contribution is -2.37. The van der Waals surface area contributed by atoms with Crippen molar-refractivity contribution in [2.75, 3.05) is 13.1 Å². The third-order valence-electron chi connectivity index (χ3n) is 5.48. The van der Waals surface area contributed by atoms with Crippen LogP contribution in [0, 0.1) is 0 Å². The molecule has 1 unspecified atom stereocenters. The van der Waals surface area contributed by atoms with Crippen LogP contribution < -0.4 is 10.1 Å². The van der Waals surface area contributed by atoms with Crippen LogP contribution in [0.15, 0.2) is 42.9 Å². The molecule has 1 atom stereocenters. The van der Waals surface area contributed by atoms with E-state index in [0.717, 1.165) is 53.8 Å². The Morgan fingerprint density at radius 1 is 1.13 bits per heavy atom. The fraction of sp³-hybridized carbons (Fsp3) is 0.348. The molecular formula is C23H25N7O. The normalized spacial score (nSPS) is 16.7. The topological polar surface area (TPSA) is 102 Å². The van der Waals surface area contributed by atoms with E-state index in [-0.39, 0.29) is 6.10 Å². The molecule has 4 heterocycles. The van der Waals surface area contributed by atoms with Crippen molar-refractivity contribution in [3.05, 3.63) is 48.5 Å². The van der Waals surface area contributed by atoms with Crippen LogP contribution in [0.2, 0.25) is 0 Å². The summed E-state index contributed by atoms with van der Waals surface area (Å²) in [5, 5.41) is 11.9. The molecule has 1 aliphatic rings. The number of fused-ring (bicyclic) bond motifs is 1. The van der Waals surface area contributed by atoms with Crippen LogP contribution >= 0.6 is 0 Å². The van der Waals surface area contributed by atoms with Crippen LogP contribution in [0.5, 0.6) is 5.88 Å². The largest absolute Gasteiger partial charge is 0.472 e. The zero-order valence-electron chi connectivity index (χ0n) is 17.7. The van der Waals surface area contributed by atoms with Gasteiger partial charge < -0.3 is 10.1 Å². The van der Waals surface area contributed by atoms with E-state index >= 15 is 0 Å². The second kappa shape index (κ2) is 8.39. The first-order chi connectivity index (χ1) is 15.2. The summed E-state index contributed by atoms with van der Waals surface area (Å²) < 4.78 is 6.04. The molecule has 3 aromatic heterocycles. The molecular weight excluding hydrogens is 390 g/mol. The van der Waals surface area contributed by atoms with Gasteiger partial charge in [-0.25, -0.2) is 15.0 Å². The molecule has 1 aliphatic heterocycles. The summed E-state index contributed by atoms with van der Waals surface area (Å²) in [7, 11) is 0. The van der Waals surface area contributed by atoms with Crippen LogP contribution in [-0.2, 0) is 0 Å². The van der Waals surface area contributed by atoms with Gasteiger partial charge in [-0.3, -0.25) is 10.1 Å². The third-order valence-corrected chi connectivity index (χ3v) is 5.48. The quantitative estimate of drug-likeness (QED) is 0.512. The predicted octanol–water partition coefficient (Wildman–Crippen LogP) is 3.73. The van der Waals surface area contributed by atoms with E-state index in [4.69, 9.17) is 9.72 Å². The maximum absolute atomic E-state index is 6.04. The molecule has 0 saturated carbocycles. The number of piperidine rings is 1. The molecule has 0 bridgehead atoms. The van der Waals surface area contributed by atoms with Gasteiger partial charge in [0.25, 0.3) is 0 Å². The maximum Gasteiger partial charge on any atom is 0.233 e. The Morgan fingerprint density at radius 2 is 2.06 bits per heavy atom. The zero-order chi connectivity index (χ0) is 21.2. The monoisotopic (exact) mass is 415 g/mol. The van der Waals surface area contributed by atoms with Crippen molar-refractivity contribution in [1.82, 2.24) is 35.5 Å². The van der Waals surface area contributed by atoms with Gasteiger partial charge in [0.1, 0.15) is 17.5 Å². The highest BCUT2D eigenvalue weighted by molar-refractivity contribution is 5.94. The Morgan fingerprint density at radius 3 is 2.90 bits per heavy atom. The molecule has 0 spiro atoms. The summed E-state index contributed by atoms with van der Waals surface area (Å²) >= 11 is 0. The summed E-state index contributed by atoms with van der Waals surface area (Å²) in [6, 6.07) is 8.01. The molecule has 1 aromatic carbocycles. The number of benzene rings is 1. The molecule has 31 heavy (non-hydrogen) atoms. The molecule has 8 heteroatoms. The van der Waals surface area contributed by atoms with Crippen molar-refractivity contribution in [1.29, 1.82) is 0 Å². The number of rotatable bonds is 5. The molecule has 1 saturated heterocycles. The lowest BCUT2D eigenvalue weighted by molar-refractivity contribution is 0.160. The standard InChI is InChI=1S/C23H25N7O/c1-14(2)18-7-9-26-23(28-18)15-5-6-19-17(10-15)22(30-29-19)20-12-25-13-21(27-20)31-16-4-3-8-24-11-16/h5-7,9-10,12-14,16,24H,3-4,8,11H2,1-2H3,(H,29,30). The van der Waals surface area contributed by atoms with Crippen molar-refractivity contribution < 1.29 is 4.74 Å². The number of nitrogens with zero attached hydrogens (tertiary/aromatic N) is 5. The third kappa shape index (κ3) is 4.11. The van der Waals surface area contributed by atoms with Crippen LogP contribution in [-0.4, -0.2) is 49.3 Å². The SMILES string of the molecule is CC(C)c1ccnc(-c2ccc3[nH]nc(-c4cncc(OC5CCCNC5)n4)c3c2)n1. The van der Waals surface area contributed by atoms with Gasteiger partial charge in [-0.15, -0.1) is 0 Å². The van der Waals surface area contributed by atoms with Crippen LogP contribution in [0.4, 0.5) is 0 Å². The number of aromatic amines is 1. The number of H-pyrrole nitrogens is 1. The van der Waals surface area contributed by atoms with E-state index in [2.05, 4.69) is 44.3 Å². The highest BCUT2D eigenvalue weighted by atomic mass is 16.5. The van der Waals surface area contributed by atoms with Crippen molar-refractivity contribution in [3.8, 4) is 28.7 Å². The van der Waals surface area contributed by atoms with Gasteiger partial charge in [0.2, 0.25) is 5.88 Å². The molecule has 0 radical (unpaired) electrons. The highest BCUT2D eigenvalue weighted by Crippen LogP contribution is 2.29. The number of nitrogens with one attached hydrogen (secondary N) is 2. The molecule has 0 amide bonds. The molecule has 2 N–H and O–H groups in total. The van der Waals surface area contributed by atoms with Gasteiger partial charge in [0.15, 0.2) is 5.82 Å². The Balaban J connectivity index is 1.49. The number of ether oxygens (including phenoxy) is 1. The molecule has 8 nitrogen and oxygen atoms in total. The Bertz CT molecular complexity index is 1200. The fourth-order valence-corrected chi connectivity index (χ4v) is 3.79. The summed E-state index contributed by atoms with van der Waals surface area (Å²) in [6.45, 7) is 6.12. The average molecular weight is 416 g/mol. The van der Waals surface area contributed by atoms with Crippen LogP contribution in [0.25, 0.3) is 33.7 Å². The number of hydrogen-bond donors (Lipinski definition) is 2. The first-order valence-corrected chi connectivity index (χ1v) is 10.7. The van der Waals surface area contributed by atoms with Gasteiger partial charge in [0.05, 0.1) is 17.9 Å². The molecule has 158 valence electrons. The van der Waals surface area contributed by atoms with Crippen molar-refractivity contribution in [3.63, 3.8) is 0 Å². The predicted molar refractivity (Wildman–Crippen MR) is 119 cm³/mol. The highest BCUT2D eigenvalue weighted by Gasteiger charge is 2.17. The summed E-state index contributed by atoms with van der Waals surface area (Å²) in [4.78, 5) is 18.2. The van der Waals surface area contributed by atoms with Gasteiger partial charge in [-0.2, -0.15) is 5.10 Å². The summed E-state index contributed by atoms with van der Waals surface area (Å²) in [6.07, 6.45) is 7.41. The zero-order valence-corrected chi connectivity index (χ0v) is 17.7. The Hall–Kier alpha value is -3.39. The molecule has 4 aromatic rings.